The molecule has 0 N–H and O–H groups in total. The number of hydrogen-bond donors (Lipinski definition) is 0. The molecule has 2 aromatic rings. The monoisotopic (exact) mass is 387 g/mol. The molecule has 1 amide bonds. The molecule has 1 saturated heterocycles. The lowest BCUT2D eigenvalue weighted by molar-refractivity contribution is -0.126. The van der Waals surface area contributed by atoms with Gasteiger partial charge in [-0.1, -0.05) is 30.3 Å². The highest BCUT2D eigenvalue weighted by molar-refractivity contribution is 8.19. The molecule has 0 spiro atoms. The van der Waals surface area contributed by atoms with Crippen LogP contribution in [0.1, 0.15) is 27.4 Å². The van der Waals surface area contributed by atoms with Crippen molar-refractivity contribution >= 4 is 41.1 Å². The van der Waals surface area contributed by atoms with Gasteiger partial charge < -0.3 is 9.64 Å². The minimum absolute atomic E-state index is 0.264. The van der Waals surface area contributed by atoms with Crippen molar-refractivity contribution in [2.24, 2.45) is 0 Å². The summed E-state index contributed by atoms with van der Waals surface area (Å²) in [6.07, 6.45) is -0.853. The summed E-state index contributed by atoms with van der Waals surface area (Å²) in [6.45, 7) is 1.60. The van der Waals surface area contributed by atoms with E-state index in [4.69, 9.17) is 4.74 Å². The van der Waals surface area contributed by atoms with Crippen LogP contribution in [0.15, 0.2) is 54.6 Å². The fourth-order valence-corrected chi connectivity index (χ4v) is 5.52. The smallest absolute Gasteiger partial charge is 0.338 e. The van der Waals surface area contributed by atoms with Crippen LogP contribution in [0.5, 0.6) is 0 Å². The average Bonchev–Trinajstić information content (AvgIpc) is 3.22. The molecular formula is C20H21NO3S2. The molecule has 0 aromatic heterocycles. The predicted molar refractivity (Wildman–Crippen MR) is 109 cm³/mol. The van der Waals surface area contributed by atoms with Crippen molar-refractivity contribution in [1.29, 1.82) is 0 Å². The zero-order valence-corrected chi connectivity index (χ0v) is 16.4. The van der Waals surface area contributed by atoms with Crippen LogP contribution >= 0.6 is 23.5 Å². The van der Waals surface area contributed by atoms with Gasteiger partial charge in [-0.15, -0.1) is 23.5 Å². The molecule has 3 rings (SSSR count). The number of rotatable bonds is 5. The first-order chi connectivity index (χ1) is 12.6. The van der Waals surface area contributed by atoms with E-state index in [2.05, 4.69) is 0 Å². The Kier molecular flexibility index (Phi) is 6.27. The highest BCUT2D eigenvalue weighted by atomic mass is 32.2. The minimum atomic E-state index is -0.853. The second-order valence-electron chi connectivity index (χ2n) is 5.98. The van der Waals surface area contributed by atoms with E-state index in [1.165, 1.54) is 10.5 Å². The number of benzene rings is 2. The Morgan fingerprint density at radius 2 is 1.65 bits per heavy atom. The number of carbonyl (C=O) groups is 2. The number of likely N-dealkylation sites (N-methyl/N-ethyl adjacent to an activating group) is 1. The molecule has 0 saturated carbocycles. The molecule has 0 bridgehead atoms. The van der Waals surface area contributed by atoms with Crippen LogP contribution in [0.3, 0.4) is 0 Å². The fraction of sp³-hybridized carbons (Fsp3) is 0.300. The van der Waals surface area contributed by atoms with E-state index >= 15 is 0 Å². The number of carbonyl (C=O) groups excluding carboxylic acids is 2. The highest BCUT2D eigenvalue weighted by Gasteiger charge is 2.23. The molecule has 1 aliphatic heterocycles. The van der Waals surface area contributed by atoms with Crippen molar-refractivity contribution in [1.82, 2.24) is 0 Å². The van der Waals surface area contributed by atoms with E-state index in [1.54, 1.807) is 26.1 Å². The molecular weight excluding hydrogens is 366 g/mol. The first-order valence-corrected chi connectivity index (χ1v) is 10.5. The van der Waals surface area contributed by atoms with Crippen LogP contribution in [0.25, 0.3) is 0 Å². The van der Waals surface area contributed by atoms with Crippen molar-refractivity contribution in [3.05, 3.63) is 65.7 Å². The van der Waals surface area contributed by atoms with Gasteiger partial charge in [-0.3, -0.25) is 4.79 Å². The third-order valence-electron chi connectivity index (χ3n) is 4.15. The minimum Gasteiger partial charge on any atom is -0.449 e. The summed E-state index contributed by atoms with van der Waals surface area (Å²) in [7, 11) is 1.67. The zero-order chi connectivity index (χ0) is 18.5. The SMILES string of the molecule is CC(OC(=O)c1ccc(C2SCCS2)cc1)C(=O)N(C)c1ccccc1. The number of ether oxygens (including phenoxy) is 1. The van der Waals surface area contributed by atoms with Gasteiger partial charge in [-0.05, 0) is 36.8 Å². The number of thioether (sulfide) groups is 2. The van der Waals surface area contributed by atoms with Gasteiger partial charge in [0.05, 0.1) is 10.1 Å². The average molecular weight is 388 g/mol. The van der Waals surface area contributed by atoms with Crippen LogP contribution in [0.4, 0.5) is 5.69 Å². The number of anilines is 1. The van der Waals surface area contributed by atoms with E-state index in [0.29, 0.717) is 10.1 Å². The number of para-hydroxylation sites is 1. The van der Waals surface area contributed by atoms with Gasteiger partial charge in [-0.2, -0.15) is 0 Å². The Labute approximate surface area is 162 Å². The van der Waals surface area contributed by atoms with Gasteiger partial charge in [0.25, 0.3) is 5.91 Å². The normalized spacial score (nSPS) is 15.5. The largest absolute Gasteiger partial charge is 0.449 e. The van der Waals surface area contributed by atoms with Crippen molar-refractivity contribution in [2.45, 2.75) is 17.6 Å². The van der Waals surface area contributed by atoms with Gasteiger partial charge in [0, 0.05) is 24.2 Å². The van der Waals surface area contributed by atoms with Crippen LogP contribution < -0.4 is 4.90 Å². The molecule has 1 atom stereocenters. The summed E-state index contributed by atoms with van der Waals surface area (Å²) >= 11 is 3.84. The first kappa shape index (κ1) is 18.9. The first-order valence-electron chi connectivity index (χ1n) is 8.43. The Morgan fingerprint density at radius 3 is 2.27 bits per heavy atom. The predicted octanol–water partition coefficient (Wildman–Crippen LogP) is 4.37. The maximum absolute atomic E-state index is 12.5. The number of amides is 1. The molecule has 2 aromatic carbocycles. The van der Waals surface area contributed by atoms with E-state index in [9.17, 15) is 9.59 Å². The summed E-state index contributed by atoms with van der Waals surface area (Å²) in [5.74, 6) is 1.58. The second-order valence-corrected chi connectivity index (χ2v) is 8.70. The molecule has 1 aliphatic rings. The summed E-state index contributed by atoms with van der Waals surface area (Å²) in [5, 5.41) is 0. The van der Waals surface area contributed by atoms with Crippen molar-refractivity contribution in [3.63, 3.8) is 0 Å². The van der Waals surface area contributed by atoms with Gasteiger partial charge in [0.15, 0.2) is 6.10 Å². The van der Waals surface area contributed by atoms with Crippen LogP contribution in [-0.4, -0.2) is 36.5 Å². The quantitative estimate of drug-likeness (QED) is 0.713. The summed E-state index contributed by atoms with van der Waals surface area (Å²) in [6, 6.07) is 16.8. The Hall–Kier alpha value is -1.92. The van der Waals surface area contributed by atoms with Crippen LogP contribution in [0, 0.1) is 0 Å². The van der Waals surface area contributed by atoms with E-state index in [1.807, 2.05) is 66.0 Å². The van der Waals surface area contributed by atoms with Crippen molar-refractivity contribution in [3.8, 4) is 0 Å². The fourth-order valence-electron chi connectivity index (χ4n) is 2.66. The molecule has 4 nitrogen and oxygen atoms in total. The Balaban J connectivity index is 1.60. The molecule has 1 heterocycles. The lowest BCUT2D eigenvalue weighted by Gasteiger charge is -2.21. The standard InChI is InChI=1S/C20H21NO3S2/c1-14(18(22)21(2)17-6-4-3-5-7-17)24-19(23)15-8-10-16(11-9-15)20-25-12-13-26-20/h3-11,14,20H,12-13H2,1-2H3. The topological polar surface area (TPSA) is 46.6 Å². The second kappa shape index (κ2) is 8.64. The zero-order valence-electron chi connectivity index (χ0n) is 14.8. The maximum atomic E-state index is 12.5. The number of esters is 1. The Morgan fingerprint density at radius 1 is 1.04 bits per heavy atom. The van der Waals surface area contributed by atoms with Crippen molar-refractivity contribution in [2.75, 3.05) is 23.5 Å². The number of nitrogens with zero attached hydrogens (tertiary/aromatic N) is 1. The third-order valence-corrected chi connectivity index (χ3v) is 7.25. The molecule has 136 valence electrons. The summed E-state index contributed by atoms with van der Waals surface area (Å²) in [4.78, 5) is 26.3. The third kappa shape index (κ3) is 4.43. The van der Waals surface area contributed by atoms with Gasteiger partial charge in [0.1, 0.15) is 0 Å². The number of hydrogen-bond acceptors (Lipinski definition) is 5. The lowest BCUT2D eigenvalue weighted by Crippen LogP contribution is -2.37. The van der Waals surface area contributed by atoms with E-state index < -0.39 is 12.1 Å². The lowest BCUT2D eigenvalue weighted by atomic mass is 10.1. The van der Waals surface area contributed by atoms with Gasteiger partial charge in [-0.25, -0.2) is 4.79 Å². The molecule has 0 aliphatic carbocycles. The molecule has 0 radical (unpaired) electrons. The highest BCUT2D eigenvalue weighted by Crippen LogP contribution is 2.45. The molecule has 1 unspecified atom stereocenters. The Bertz CT molecular complexity index is 758. The van der Waals surface area contributed by atoms with E-state index in [0.717, 1.165) is 17.2 Å². The molecule has 26 heavy (non-hydrogen) atoms. The van der Waals surface area contributed by atoms with Crippen molar-refractivity contribution < 1.29 is 14.3 Å². The maximum Gasteiger partial charge on any atom is 0.338 e. The van der Waals surface area contributed by atoms with Gasteiger partial charge >= 0.3 is 5.97 Å². The van der Waals surface area contributed by atoms with E-state index in [-0.39, 0.29) is 5.91 Å². The molecule has 6 heteroatoms. The molecule has 1 fully saturated rings. The summed E-state index contributed by atoms with van der Waals surface area (Å²) < 4.78 is 5.81. The van der Waals surface area contributed by atoms with Crippen LogP contribution in [0.2, 0.25) is 0 Å². The van der Waals surface area contributed by atoms with Gasteiger partial charge in [0.2, 0.25) is 0 Å². The summed E-state index contributed by atoms with van der Waals surface area (Å²) in [5.41, 5.74) is 2.43. The van der Waals surface area contributed by atoms with Crippen LogP contribution in [-0.2, 0) is 9.53 Å².